The lowest BCUT2D eigenvalue weighted by molar-refractivity contribution is -0.0196. The molecule has 0 spiro atoms. The van der Waals surface area contributed by atoms with E-state index in [1.54, 1.807) is 13.0 Å². The van der Waals surface area contributed by atoms with Crippen molar-refractivity contribution in [3.8, 4) is 0 Å². The smallest absolute Gasteiger partial charge is 0.277 e. The number of hydrogen-bond acceptors (Lipinski definition) is 7. The van der Waals surface area contributed by atoms with Crippen molar-refractivity contribution in [2.45, 2.75) is 6.92 Å². The van der Waals surface area contributed by atoms with Gasteiger partial charge in [0.2, 0.25) is 0 Å². The number of hydrogen-bond donors (Lipinski definition) is 3. The van der Waals surface area contributed by atoms with Crippen molar-refractivity contribution in [2.75, 3.05) is 58.1 Å². The molecule has 33 heavy (non-hydrogen) atoms. The Hall–Kier alpha value is -2.70. The fourth-order valence-electron chi connectivity index (χ4n) is 2.62. The average Bonchev–Trinajstić information content (AvgIpc) is 2.79. The first kappa shape index (κ1) is 26.6. The van der Waals surface area contributed by atoms with Crippen LogP contribution in [0.15, 0.2) is 30.3 Å². The van der Waals surface area contributed by atoms with Crippen LogP contribution >= 0.6 is 0 Å². The second-order valence-corrected chi connectivity index (χ2v) is 6.80. The van der Waals surface area contributed by atoms with Gasteiger partial charge in [0.15, 0.2) is 11.6 Å². The maximum Gasteiger partial charge on any atom is 0.277 e. The molecule has 2 aromatic carbocycles. The highest BCUT2D eigenvalue weighted by atomic mass is 19.2. The number of rotatable bonds is 15. The molecule has 0 atom stereocenters. The molecule has 0 radical (unpaired) electrons. The van der Waals surface area contributed by atoms with E-state index in [0.717, 1.165) is 12.1 Å². The Bertz CT molecular complexity index is 902. The van der Waals surface area contributed by atoms with Crippen molar-refractivity contribution in [3.63, 3.8) is 0 Å². The molecule has 0 saturated heterocycles. The van der Waals surface area contributed by atoms with Crippen molar-refractivity contribution < 1.29 is 37.0 Å². The number of benzene rings is 2. The Morgan fingerprint density at radius 1 is 0.879 bits per heavy atom. The summed E-state index contributed by atoms with van der Waals surface area (Å²) in [4.78, 5) is 17.4. The van der Waals surface area contributed by atoms with Crippen molar-refractivity contribution in [1.29, 1.82) is 0 Å². The van der Waals surface area contributed by atoms with Gasteiger partial charge in [-0.25, -0.2) is 18.7 Å². The van der Waals surface area contributed by atoms with Crippen LogP contribution in [0.25, 0.3) is 0 Å². The second-order valence-electron chi connectivity index (χ2n) is 6.80. The summed E-state index contributed by atoms with van der Waals surface area (Å²) in [5.74, 6) is -4.03. The highest BCUT2D eigenvalue weighted by molar-refractivity contribution is 5.99. The molecule has 182 valence electrons. The lowest BCUT2D eigenvalue weighted by Gasteiger charge is -2.14. The molecule has 0 aromatic heterocycles. The Morgan fingerprint density at radius 2 is 1.52 bits per heavy atom. The number of amides is 1. The van der Waals surface area contributed by atoms with Gasteiger partial charge < -0.3 is 25.3 Å². The number of carbonyl (C=O) groups is 1. The Labute approximate surface area is 190 Å². The van der Waals surface area contributed by atoms with E-state index >= 15 is 0 Å². The molecule has 11 heteroatoms. The van der Waals surface area contributed by atoms with Crippen molar-refractivity contribution in [2.24, 2.45) is 5.73 Å². The molecule has 0 heterocycles. The monoisotopic (exact) mass is 471 g/mol. The third-order valence-electron chi connectivity index (χ3n) is 4.22. The Balaban J connectivity index is 1.79. The molecule has 0 bridgehead atoms. The number of aryl methyl sites for hydroxylation is 1. The number of nitrogens with two attached hydrogens (primary N) is 1. The minimum Gasteiger partial charge on any atom is -0.378 e. The number of halogens is 3. The zero-order valence-corrected chi connectivity index (χ0v) is 18.3. The van der Waals surface area contributed by atoms with Crippen LogP contribution < -0.4 is 16.5 Å². The summed E-state index contributed by atoms with van der Waals surface area (Å²) < 4.78 is 58.0. The van der Waals surface area contributed by atoms with Crippen LogP contribution in [0.5, 0.6) is 0 Å². The highest BCUT2D eigenvalue weighted by Gasteiger charge is 2.20. The average molecular weight is 471 g/mol. The third-order valence-corrected chi connectivity index (χ3v) is 4.22. The van der Waals surface area contributed by atoms with Crippen molar-refractivity contribution >= 4 is 17.3 Å². The number of hydroxylamine groups is 1. The Morgan fingerprint density at radius 3 is 2.15 bits per heavy atom. The van der Waals surface area contributed by atoms with Crippen LogP contribution in [0.4, 0.5) is 24.5 Å². The molecule has 2 aromatic rings. The maximum atomic E-state index is 14.4. The predicted molar refractivity (Wildman–Crippen MR) is 116 cm³/mol. The molecule has 8 nitrogen and oxygen atoms in total. The van der Waals surface area contributed by atoms with Crippen LogP contribution in [0.2, 0.25) is 0 Å². The van der Waals surface area contributed by atoms with E-state index in [-0.39, 0.29) is 24.5 Å². The van der Waals surface area contributed by atoms with Crippen LogP contribution in [0.3, 0.4) is 0 Å². The lowest BCUT2D eigenvalue weighted by atomic mass is 10.1. The Kier molecular flexibility index (Phi) is 11.6. The molecule has 0 unspecified atom stereocenters. The molecule has 4 N–H and O–H groups in total. The summed E-state index contributed by atoms with van der Waals surface area (Å²) in [5, 5.41) is 2.44. The molecule has 0 aliphatic heterocycles. The summed E-state index contributed by atoms with van der Waals surface area (Å²) in [6.07, 6.45) is 0. The molecule has 2 rings (SSSR count). The SMILES string of the molecule is Cc1ccc(Nc2c(C(=O)NOCCOCCOCCOCCN)ccc(F)c2F)c(F)c1. The van der Waals surface area contributed by atoms with E-state index in [1.165, 1.54) is 12.1 Å². The van der Waals surface area contributed by atoms with E-state index in [0.29, 0.717) is 45.1 Å². The number of nitrogens with one attached hydrogen (secondary N) is 2. The van der Waals surface area contributed by atoms with E-state index in [2.05, 4.69) is 10.8 Å². The number of ether oxygens (including phenoxy) is 3. The number of carbonyl (C=O) groups excluding carboxylic acids is 1. The standard InChI is InChI=1S/C22H28F3N3O5/c1-15-2-5-19(18(24)14-15)27-21-16(3-4-17(23)20(21)25)22(29)28-33-13-12-32-11-10-31-9-8-30-7-6-26/h2-5,14,27H,6-13,26H2,1H3,(H,28,29). The van der Waals surface area contributed by atoms with Gasteiger partial charge in [-0.2, -0.15) is 0 Å². The summed E-state index contributed by atoms with van der Waals surface area (Å²) in [7, 11) is 0. The molecule has 0 aliphatic carbocycles. The molecule has 0 fully saturated rings. The van der Waals surface area contributed by atoms with E-state index in [1.807, 2.05) is 0 Å². The summed E-state index contributed by atoms with van der Waals surface area (Å²) in [6.45, 7) is 4.33. The van der Waals surface area contributed by atoms with Gasteiger partial charge >= 0.3 is 0 Å². The minimum absolute atomic E-state index is 0.00435. The molecule has 0 aliphatic rings. The largest absolute Gasteiger partial charge is 0.378 e. The first-order chi connectivity index (χ1) is 15.9. The predicted octanol–water partition coefficient (Wildman–Crippen LogP) is 2.83. The van der Waals surface area contributed by atoms with Crippen molar-refractivity contribution in [1.82, 2.24) is 5.48 Å². The van der Waals surface area contributed by atoms with Gasteiger partial charge in [0.25, 0.3) is 5.91 Å². The van der Waals surface area contributed by atoms with Gasteiger partial charge in [-0.1, -0.05) is 6.07 Å². The van der Waals surface area contributed by atoms with Crippen LogP contribution in [0, 0.1) is 24.4 Å². The molecule has 1 amide bonds. The van der Waals surface area contributed by atoms with Crippen LogP contribution in [-0.2, 0) is 19.0 Å². The van der Waals surface area contributed by atoms with E-state index in [9.17, 15) is 18.0 Å². The first-order valence-corrected chi connectivity index (χ1v) is 10.3. The fraction of sp³-hybridized carbons (Fsp3) is 0.409. The second kappa shape index (κ2) is 14.4. The normalized spacial score (nSPS) is 10.9. The maximum absolute atomic E-state index is 14.4. The zero-order chi connectivity index (χ0) is 24.1. The van der Waals surface area contributed by atoms with Gasteiger partial charge in [-0.3, -0.25) is 9.63 Å². The topological polar surface area (TPSA) is 104 Å². The molecular weight excluding hydrogens is 443 g/mol. The molecular formula is C22H28F3N3O5. The van der Waals surface area contributed by atoms with E-state index in [4.69, 9.17) is 24.8 Å². The quantitative estimate of drug-likeness (QED) is 0.271. The minimum atomic E-state index is -1.32. The van der Waals surface area contributed by atoms with Crippen LogP contribution in [-0.4, -0.2) is 58.7 Å². The number of anilines is 2. The van der Waals surface area contributed by atoms with Gasteiger partial charge in [-0.15, -0.1) is 0 Å². The van der Waals surface area contributed by atoms with Crippen LogP contribution in [0.1, 0.15) is 15.9 Å². The van der Waals surface area contributed by atoms with Gasteiger partial charge in [-0.05, 0) is 36.8 Å². The van der Waals surface area contributed by atoms with Gasteiger partial charge in [0.1, 0.15) is 5.82 Å². The highest BCUT2D eigenvalue weighted by Crippen LogP contribution is 2.28. The summed E-state index contributed by atoms with van der Waals surface area (Å²) >= 11 is 0. The summed E-state index contributed by atoms with van der Waals surface area (Å²) in [6, 6.07) is 6.04. The van der Waals surface area contributed by atoms with E-state index < -0.39 is 29.0 Å². The lowest BCUT2D eigenvalue weighted by Crippen LogP contribution is -2.27. The zero-order valence-electron chi connectivity index (χ0n) is 18.3. The summed E-state index contributed by atoms with van der Waals surface area (Å²) in [5.41, 5.74) is 7.18. The fourth-order valence-corrected chi connectivity index (χ4v) is 2.62. The van der Waals surface area contributed by atoms with Gasteiger partial charge in [0.05, 0.1) is 63.2 Å². The van der Waals surface area contributed by atoms with Gasteiger partial charge in [0, 0.05) is 6.54 Å². The van der Waals surface area contributed by atoms with Crippen molar-refractivity contribution in [3.05, 3.63) is 58.9 Å². The third kappa shape index (κ3) is 8.98. The first-order valence-electron chi connectivity index (χ1n) is 10.3. The molecule has 0 saturated carbocycles.